The molecule has 2 aromatic heterocycles. The van der Waals surface area contributed by atoms with E-state index in [1.54, 1.807) is 17.1 Å². The second-order valence-electron chi connectivity index (χ2n) is 8.12. The molecule has 0 aliphatic heterocycles. The predicted octanol–water partition coefficient (Wildman–Crippen LogP) is 3.40. The van der Waals surface area contributed by atoms with Crippen molar-refractivity contribution in [2.45, 2.75) is 57.3 Å². The Bertz CT molecular complexity index is 1080. The topological polar surface area (TPSA) is 122 Å². The van der Waals surface area contributed by atoms with Crippen LogP contribution < -0.4 is 10.6 Å². The molecule has 0 bridgehead atoms. The number of anilines is 1. The minimum absolute atomic E-state index is 0.123. The molecule has 0 unspecified atom stereocenters. The van der Waals surface area contributed by atoms with Gasteiger partial charge in [0.25, 0.3) is 5.91 Å². The summed E-state index contributed by atoms with van der Waals surface area (Å²) in [4.78, 5) is 28.6. The summed E-state index contributed by atoms with van der Waals surface area (Å²) in [5.74, 6) is -0.322. The summed E-state index contributed by atoms with van der Waals surface area (Å²) in [6.45, 7) is 2.43. The Kier molecular flexibility index (Phi) is 6.75. The van der Waals surface area contributed by atoms with Crippen LogP contribution in [0.15, 0.2) is 47.9 Å². The fourth-order valence-electron chi connectivity index (χ4n) is 4.27. The molecule has 9 nitrogen and oxygen atoms in total. The van der Waals surface area contributed by atoms with Gasteiger partial charge in [-0.1, -0.05) is 35.5 Å². The smallest absolute Gasteiger partial charge is 0.255 e. The molecule has 1 atom stereocenters. The molecule has 168 valence electrons. The summed E-state index contributed by atoms with van der Waals surface area (Å²) in [6.07, 6.45) is 6.34. The second-order valence-corrected chi connectivity index (χ2v) is 8.12. The van der Waals surface area contributed by atoms with E-state index in [2.05, 4.69) is 25.9 Å². The first-order valence-corrected chi connectivity index (χ1v) is 11.0. The van der Waals surface area contributed by atoms with Crippen LogP contribution in [0.2, 0.25) is 0 Å². The molecule has 1 aliphatic rings. The van der Waals surface area contributed by atoms with Crippen molar-refractivity contribution in [2.75, 3.05) is 11.9 Å². The molecule has 1 saturated carbocycles. The van der Waals surface area contributed by atoms with Crippen molar-refractivity contribution >= 4 is 22.6 Å². The van der Waals surface area contributed by atoms with Gasteiger partial charge in [0, 0.05) is 18.8 Å². The average Bonchev–Trinajstić information content (AvgIpc) is 3.27. The molecule has 4 rings (SSSR count). The van der Waals surface area contributed by atoms with Crippen LogP contribution in [0, 0.1) is 4.91 Å². The number of aryl methyl sites for hydroxylation is 1. The first-order chi connectivity index (χ1) is 15.6. The summed E-state index contributed by atoms with van der Waals surface area (Å²) in [7, 11) is 0. The van der Waals surface area contributed by atoms with E-state index in [1.807, 2.05) is 37.3 Å². The van der Waals surface area contributed by atoms with Crippen LogP contribution in [0.5, 0.6) is 0 Å². The highest BCUT2D eigenvalue weighted by atomic mass is 16.3. The van der Waals surface area contributed by atoms with Gasteiger partial charge < -0.3 is 15.7 Å². The Balaban J connectivity index is 1.64. The molecule has 1 amide bonds. The van der Waals surface area contributed by atoms with E-state index in [1.165, 1.54) is 0 Å². The van der Waals surface area contributed by atoms with Gasteiger partial charge in [-0.05, 0) is 38.2 Å². The molecule has 3 aromatic rings. The Morgan fingerprint density at radius 3 is 2.62 bits per heavy atom. The lowest BCUT2D eigenvalue weighted by atomic mass is 9.91. The Morgan fingerprint density at radius 2 is 1.97 bits per heavy atom. The van der Waals surface area contributed by atoms with Gasteiger partial charge in [0.05, 0.1) is 41.5 Å². The zero-order valence-electron chi connectivity index (χ0n) is 18.1. The number of nitrogens with zero attached hydrogens (tertiary/aromatic N) is 4. The summed E-state index contributed by atoms with van der Waals surface area (Å²) in [6, 6.07) is 8.83. The number of aliphatic hydroxyl groups is 1. The molecule has 3 N–H and O–H groups in total. The first kappa shape index (κ1) is 21.9. The summed E-state index contributed by atoms with van der Waals surface area (Å²) >= 11 is 0. The minimum Gasteiger partial charge on any atom is -0.394 e. The van der Waals surface area contributed by atoms with Crippen LogP contribution in [-0.2, 0) is 6.54 Å². The maximum atomic E-state index is 13.3. The zero-order valence-corrected chi connectivity index (χ0v) is 18.1. The standard InChI is InChI=1S/C23H28N6O3/c1-2-29-22-18(13-25-29)21(26-16-8-10-17(28-32)11-9-16)19(12-24-22)23(31)27-20(14-30)15-6-4-3-5-7-15/h3-7,12-13,16-17,20,30H,2,8-11,14H2,1H3,(H,24,26)(H,27,31)/t16?,17?,20-/m1/s1. The number of hydrogen-bond donors (Lipinski definition) is 3. The maximum Gasteiger partial charge on any atom is 0.255 e. The maximum absolute atomic E-state index is 13.3. The number of aliphatic hydroxyl groups excluding tert-OH is 1. The fourth-order valence-corrected chi connectivity index (χ4v) is 4.27. The third kappa shape index (κ3) is 4.47. The largest absolute Gasteiger partial charge is 0.394 e. The molecular weight excluding hydrogens is 408 g/mol. The highest BCUT2D eigenvalue weighted by Gasteiger charge is 2.26. The molecule has 2 heterocycles. The number of nitrogens with one attached hydrogen (secondary N) is 2. The van der Waals surface area contributed by atoms with Crippen LogP contribution in [0.3, 0.4) is 0 Å². The highest BCUT2D eigenvalue weighted by Crippen LogP contribution is 2.31. The fraction of sp³-hybridized carbons (Fsp3) is 0.435. The normalized spacial score (nSPS) is 19.4. The van der Waals surface area contributed by atoms with Gasteiger partial charge in [0.15, 0.2) is 5.65 Å². The monoisotopic (exact) mass is 436 g/mol. The second kappa shape index (κ2) is 9.86. The lowest BCUT2D eigenvalue weighted by Gasteiger charge is -2.27. The van der Waals surface area contributed by atoms with Gasteiger partial charge in [-0.3, -0.25) is 4.79 Å². The molecule has 9 heteroatoms. The van der Waals surface area contributed by atoms with E-state index >= 15 is 0 Å². The van der Waals surface area contributed by atoms with Crippen LogP contribution >= 0.6 is 0 Å². The van der Waals surface area contributed by atoms with E-state index in [4.69, 9.17) is 0 Å². The van der Waals surface area contributed by atoms with Gasteiger partial charge in [-0.15, -0.1) is 0 Å². The quantitative estimate of drug-likeness (QED) is 0.465. The number of carbonyl (C=O) groups is 1. The van der Waals surface area contributed by atoms with Gasteiger partial charge in [0.2, 0.25) is 0 Å². The predicted molar refractivity (Wildman–Crippen MR) is 122 cm³/mol. The van der Waals surface area contributed by atoms with Crippen molar-refractivity contribution in [1.29, 1.82) is 0 Å². The summed E-state index contributed by atoms with van der Waals surface area (Å²) in [5.41, 5.74) is 2.61. The van der Waals surface area contributed by atoms with Crippen LogP contribution in [-0.4, -0.2) is 44.5 Å². The van der Waals surface area contributed by atoms with E-state index in [0.717, 1.165) is 36.6 Å². The number of aromatic nitrogens is 3. The van der Waals surface area contributed by atoms with E-state index in [9.17, 15) is 14.8 Å². The Morgan fingerprint density at radius 1 is 1.22 bits per heavy atom. The summed E-state index contributed by atoms with van der Waals surface area (Å²) in [5, 5.41) is 24.7. The van der Waals surface area contributed by atoms with E-state index < -0.39 is 6.04 Å². The van der Waals surface area contributed by atoms with Crippen molar-refractivity contribution in [3.63, 3.8) is 0 Å². The van der Waals surface area contributed by atoms with Gasteiger partial charge in [0.1, 0.15) is 0 Å². The van der Waals surface area contributed by atoms with Crippen molar-refractivity contribution in [1.82, 2.24) is 20.1 Å². The lowest BCUT2D eigenvalue weighted by molar-refractivity contribution is 0.0916. The Labute approximate surface area is 186 Å². The first-order valence-electron chi connectivity index (χ1n) is 11.0. The zero-order chi connectivity index (χ0) is 22.5. The number of nitroso groups, excluding NO2 is 1. The van der Waals surface area contributed by atoms with Crippen molar-refractivity contribution < 1.29 is 9.90 Å². The third-order valence-corrected chi connectivity index (χ3v) is 6.09. The number of benzene rings is 1. The van der Waals surface area contributed by atoms with Gasteiger partial charge in [-0.2, -0.15) is 10.0 Å². The van der Waals surface area contributed by atoms with Crippen LogP contribution in [0.25, 0.3) is 11.0 Å². The molecule has 1 fully saturated rings. The van der Waals surface area contributed by atoms with Crippen molar-refractivity contribution in [3.8, 4) is 0 Å². The number of hydrogen-bond acceptors (Lipinski definition) is 7. The number of carbonyl (C=O) groups excluding carboxylic acids is 1. The Hall–Kier alpha value is -3.33. The SMILES string of the molecule is CCn1ncc2c(NC3CCC(N=O)CC3)c(C(=O)N[C@H](CO)c3ccccc3)cnc21. The molecule has 32 heavy (non-hydrogen) atoms. The molecular formula is C23H28N6O3. The highest BCUT2D eigenvalue weighted by molar-refractivity contribution is 6.06. The average molecular weight is 437 g/mol. The van der Waals surface area contributed by atoms with E-state index in [-0.39, 0.29) is 24.6 Å². The number of fused-ring (bicyclic) bond motifs is 1. The van der Waals surface area contributed by atoms with Gasteiger partial charge in [-0.25, -0.2) is 9.67 Å². The number of pyridine rings is 1. The molecule has 1 aromatic carbocycles. The minimum atomic E-state index is -0.528. The molecule has 0 spiro atoms. The van der Waals surface area contributed by atoms with Crippen LogP contribution in [0.1, 0.15) is 54.6 Å². The summed E-state index contributed by atoms with van der Waals surface area (Å²) < 4.78 is 1.79. The lowest BCUT2D eigenvalue weighted by Crippen LogP contribution is -2.33. The van der Waals surface area contributed by atoms with Crippen molar-refractivity contribution in [2.24, 2.45) is 5.18 Å². The van der Waals surface area contributed by atoms with E-state index in [0.29, 0.717) is 23.4 Å². The number of rotatable bonds is 8. The molecule has 0 radical (unpaired) electrons. The van der Waals surface area contributed by atoms with Crippen LogP contribution in [0.4, 0.5) is 5.69 Å². The van der Waals surface area contributed by atoms with Gasteiger partial charge >= 0.3 is 0 Å². The van der Waals surface area contributed by atoms with Crippen molar-refractivity contribution in [3.05, 3.63) is 58.8 Å². The molecule has 1 aliphatic carbocycles. The number of amides is 1. The third-order valence-electron chi connectivity index (χ3n) is 6.09. The molecule has 0 saturated heterocycles.